The summed E-state index contributed by atoms with van der Waals surface area (Å²) in [5.41, 5.74) is 0. The van der Waals surface area contributed by atoms with Gasteiger partial charge in [-0.15, -0.1) is 0 Å². The predicted molar refractivity (Wildman–Crippen MR) is 54.7 cm³/mol. The second-order valence-corrected chi connectivity index (χ2v) is 4.55. The van der Waals surface area contributed by atoms with E-state index in [2.05, 4.69) is 18.7 Å². The van der Waals surface area contributed by atoms with Gasteiger partial charge in [0, 0.05) is 12.0 Å². The molecule has 76 valence electrons. The van der Waals surface area contributed by atoms with E-state index in [9.17, 15) is 4.79 Å². The van der Waals surface area contributed by atoms with E-state index in [0.717, 1.165) is 13.0 Å². The molecule has 1 atom stereocenters. The van der Waals surface area contributed by atoms with Crippen molar-refractivity contribution in [2.75, 3.05) is 6.54 Å². The van der Waals surface area contributed by atoms with Gasteiger partial charge >= 0.3 is 0 Å². The molecule has 0 aromatic carbocycles. The van der Waals surface area contributed by atoms with Gasteiger partial charge in [0.05, 0.1) is 6.04 Å². The van der Waals surface area contributed by atoms with Gasteiger partial charge in [0.2, 0.25) is 0 Å². The Labute approximate surface area is 81.3 Å². The molecule has 1 aliphatic heterocycles. The van der Waals surface area contributed by atoms with Crippen LogP contribution >= 0.6 is 0 Å². The topological polar surface area (TPSA) is 20.3 Å². The lowest BCUT2D eigenvalue weighted by Crippen LogP contribution is -2.42. The van der Waals surface area contributed by atoms with Crippen molar-refractivity contribution in [3.8, 4) is 0 Å². The summed E-state index contributed by atoms with van der Waals surface area (Å²) in [6.07, 6.45) is 2.25. The Morgan fingerprint density at radius 3 is 2.38 bits per heavy atom. The molecule has 1 fully saturated rings. The van der Waals surface area contributed by atoms with Gasteiger partial charge in [0.25, 0.3) is 0 Å². The number of nitrogens with zero attached hydrogens (tertiary/aromatic N) is 1. The van der Waals surface area contributed by atoms with Crippen LogP contribution in [0.15, 0.2) is 0 Å². The van der Waals surface area contributed by atoms with Gasteiger partial charge in [-0.3, -0.25) is 9.69 Å². The minimum absolute atomic E-state index is 0.185. The monoisotopic (exact) mass is 183 g/mol. The molecule has 0 amide bonds. The first kappa shape index (κ1) is 10.7. The fourth-order valence-electron chi connectivity index (χ4n) is 2.10. The van der Waals surface area contributed by atoms with Crippen LogP contribution in [-0.2, 0) is 4.79 Å². The maximum atomic E-state index is 11.8. The zero-order valence-electron chi connectivity index (χ0n) is 9.21. The Hall–Kier alpha value is -0.370. The van der Waals surface area contributed by atoms with Gasteiger partial charge in [-0.25, -0.2) is 0 Å². The van der Waals surface area contributed by atoms with E-state index < -0.39 is 0 Å². The van der Waals surface area contributed by atoms with E-state index in [-0.39, 0.29) is 12.0 Å². The molecule has 1 heterocycles. The molecule has 2 nitrogen and oxygen atoms in total. The summed E-state index contributed by atoms with van der Waals surface area (Å²) in [5.74, 6) is 0.607. The number of hydrogen-bond donors (Lipinski definition) is 0. The maximum Gasteiger partial charge on any atom is 0.152 e. The van der Waals surface area contributed by atoms with E-state index in [1.165, 1.54) is 6.42 Å². The second-order valence-electron chi connectivity index (χ2n) is 4.55. The van der Waals surface area contributed by atoms with Gasteiger partial charge in [-0.2, -0.15) is 0 Å². The molecular formula is C11H21NO. The highest BCUT2D eigenvalue weighted by molar-refractivity contribution is 5.86. The first-order valence-corrected chi connectivity index (χ1v) is 5.33. The lowest BCUT2D eigenvalue weighted by molar-refractivity contribution is -0.126. The van der Waals surface area contributed by atoms with Crippen molar-refractivity contribution in [3.05, 3.63) is 0 Å². The average molecular weight is 183 g/mol. The normalized spacial score (nSPS) is 24.6. The fraction of sp³-hybridized carbons (Fsp3) is 0.909. The number of hydrogen-bond acceptors (Lipinski definition) is 2. The molecule has 0 spiro atoms. The van der Waals surface area contributed by atoms with Gasteiger partial charge < -0.3 is 0 Å². The van der Waals surface area contributed by atoms with Crippen LogP contribution in [0.1, 0.15) is 40.5 Å². The fourth-order valence-corrected chi connectivity index (χ4v) is 2.10. The van der Waals surface area contributed by atoms with Crippen LogP contribution in [0.3, 0.4) is 0 Å². The Morgan fingerprint density at radius 2 is 1.92 bits per heavy atom. The number of rotatable bonds is 3. The Balaban J connectivity index is 2.63. The van der Waals surface area contributed by atoms with Crippen molar-refractivity contribution < 1.29 is 4.79 Å². The third-order valence-corrected chi connectivity index (χ3v) is 2.85. The van der Waals surface area contributed by atoms with E-state index in [1.54, 1.807) is 0 Å². The van der Waals surface area contributed by atoms with Crippen LogP contribution < -0.4 is 0 Å². The molecule has 0 N–H and O–H groups in total. The largest absolute Gasteiger partial charge is 0.298 e. The minimum Gasteiger partial charge on any atom is -0.298 e. The third-order valence-electron chi connectivity index (χ3n) is 2.85. The molecule has 0 aromatic rings. The Bertz CT molecular complexity index is 187. The van der Waals surface area contributed by atoms with Gasteiger partial charge in [-0.1, -0.05) is 13.8 Å². The number of Topliss-reactive ketones (excluding diaryl/α,β-unsaturated/α-hetero) is 1. The average Bonchev–Trinajstić information content (AvgIpc) is 2.50. The lowest BCUT2D eigenvalue weighted by atomic mass is 9.99. The number of carbonyl (C=O) groups excluding carboxylic acids is 1. The lowest BCUT2D eigenvalue weighted by Gasteiger charge is -2.28. The number of ketones is 1. The smallest absolute Gasteiger partial charge is 0.152 e. The molecule has 1 aliphatic rings. The van der Waals surface area contributed by atoms with Crippen molar-refractivity contribution in [3.63, 3.8) is 0 Å². The van der Waals surface area contributed by atoms with Crippen LogP contribution in [0.4, 0.5) is 0 Å². The third kappa shape index (κ3) is 2.31. The SMILES string of the molecule is CC(C)C(=O)[C@@H]1CCCN1C(C)C. The molecule has 0 saturated carbocycles. The molecule has 0 bridgehead atoms. The standard InChI is InChI=1S/C11H21NO/c1-8(2)11(13)10-6-5-7-12(10)9(3)4/h8-10H,5-7H2,1-4H3/t10-/m0/s1. The summed E-state index contributed by atoms with van der Waals surface area (Å²) in [6.45, 7) is 9.44. The highest BCUT2D eigenvalue weighted by atomic mass is 16.1. The molecule has 13 heavy (non-hydrogen) atoms. The molecule has 0 aromatic heterocycles. The Morgan fingerprint density at radius 1 is 1.31 bits per heavy atom. The van der Waals surface area contributed by atoms with E-state index >= 15 is 0 Å². The Kier molecular flexibility index (Phi) is 3.48. The summed E-state index contributed by atoms with van der Waals surface area (Å²) < 4.78 is 0. The minimum atomic E-state index is 0.185. The van der Waals surface area contributed by atoms with Crippen LogP contribution in [-0.4, -0.2) is 29.3 Å². The second kappa shape index (κ2) is 4.23. The highest BCUT2D eigenvalue weighted by Crippen LogP contribution is 2.22. The zero-order valence-corrected chi connectivity index (χ0v) is 9.21. The van der Waals surface area contributed by atoms with E-state index in [0.29, 0.717) is 11.8 Å². The summed E-state index contributed by atoms with van der Waals surface area (Å²) in [7, 11) is 0. The first-order valence-electron chi connectivity index (χ1n) is 5.33. The maximum absolute atomic E-state index is 11.8. The van der Waals surface area contributed by atoms with Crippen molar-refractivity contribution in [2.24, 2.45) is 5.92 Å². The molecular weight excluding hydrogens is 162 g/mol. The predicted octanol–water partition coefficient (Wildman–Crippen LogP) is 2.08. The van der Waals surface area contributed by atoms with Crippen LogP contribution in [0.2, 0.25) is 0 Å². The molecule has 2 heteroatoms. The van der Waals surface area contributed by atoms with E-state index in [1.807, 2.05) is 13.8 Å². The summed E-state index contributed by atoms with van der Waals surface area (Å²) >= 11 is 0. The summed E-state index contributed by atoms with van der Waals surface area (Å²) in [6, 6.07) is 0.718. The van der Waals surface area contributed by atoms with Crippen molar-refractivity contribution in [1.82, 2.24) is 4.90 Å². The molecule has 0 aliphatic carbocycles. The summed E-state index contributed by atoms with van der Waals surface area (Å²) in [5, 5.41) is 0. The van der Waals surface area contributed by atoms with E-state index in [4.69, 9.17) is 0 Å². The van der Waals surface area contributed by atoms with Crippen LogP contribution in [0.5, 0.6) is 0 Å². The van der Waals surface area contributed by atoms with Crippen molar-refractivity contribution in [2.45, 2.75) is 52.6 Å². The first-order chi connectivity index (χ1) is 6.04. The zero-order chi connectivity index (χ0) is 10.0. The van der Waals surface area contributed by atoms with Crippen molar-refractivity contribution >= 4 is 5.78 Å². The number of likely N-dealkylation sites (tertiary alicyclic amines) is 1. The van der Waals surface area contributed by atoms with Gasteiger partial charge in [-0.05, 0) is 33.2 Å². The van der Waals surface area contributed by atoms with Gasteiger partial charge in [0.1, 0.15) is 0 Å². The molecule has 1 saturated heterocycles. The quantitative estimate of drug-likeness (QED) is 0.667. The van der Waals surface area contributed by atoms with Crippen LogP contribution in [0, 0.1) is 5.92 Å². The van der Waals surface area contributed by atoms with Crippen molar-refractivity contribution in [1.29, 1.82) is 0 Å². The number of carbonyl (C=O) groups is 1. The van der Waals surface area contributed by atoms with Gasteiger partial charge in [0.15, 0.2) is 5.78 Å². The molecule has 0 unspecified atom stereocenters. The highest BCUT2D eigenvalue weighted by Gasteiger charge is 2.32. The molecule has 1 rings (SSSR count). The van der Waals surface area contributed by atoms with Crippen LogP contribution in [0.25, 0.3) is 0 Å². The summed E-state index contributed by atoms with van der Waals surface area (Å²) in [4.78, 5) is 14.2. The molecule has 0 radical (unpaired) electrons.